The average molecular weight is 280 g/mol. The number of amides is 1. The molecule has 5 heteroatoms. The van der Waals surface area contributed by atoms with Crippen LogP contribution in [-0.4, -0.2) is 29.0 Å². The maximum atomic E-state index is 12.2. The van der Waals surface area contributed by atoms with Crippen molar-refractivity contribution in [2.24, 2.45) is 0 Å². The van der Waals surface area contributed by atoms with E-state index in [1.807, 2.05) is 36.4 Å². The minimum Gasteiger partial charge on any atom is -0.337 e. The van der Waals surface area contributed by atoms with Gasteiger partial charge in [-0.05, 0) is 24.6 Å². The van der Waals surface area contributed by atoms with Gasteiger partial charge in [0.15, 0.2) is 0 Å². The summed E-state index contributed by atoms with van der Waals surface area (Å²) in [4.78, 5) is 22.7. The number of nitrogens with one attached hydrogen (secondary N) is 1. The molecule has 0 aliphatic carbocycles. The van der Waals surface area contributed by atoms with Crippen LogP contribution in [0.4, 0.5) is 11.6 Å². The molecule has 1 N–H and O–H groups in total. The molecule has 0 atom stereocenters. The van der Waals surface area contributed by atoms with E-state index in [4.69, 9.17) is 0 Å². The third kappa shape index (κ3) is 3.25. The highest BCUT2D eigenvalue weighted by Gasteiger charge is 2.18. The number of nitrogens with zero attached hydrogens (tertiary/aromatic N) is 3. The van der Waals surface area contributed by atoms with Crippen LogP contribution in [0.1, 0.15) is 6.42 Å². The molecule has 1 aliphatic rings. The van der Waals surface area contributed by atoms with Crippen LogP contribution in [0.2, 0.25) is 0 Å². The van der Waals surface area contributed by atoms with E-state index in [1.165, 1.54) is 0 Å². The van der Waals surface area contributed by atoms with Crippen molar-refractivity contribution in [1.82, 2.24) is 9.97 Å². The predicted molar refractivity (Wildman–Crippen MR) is 82.0 cm³/mol. The van der Waals surface area contributed by atoms with Crippen molar-refractivity contribution in [3.8, 4) is 0 Å². The number of hydrogen-bond acceptors (Lipinski definition) is 4. The highest BCUT2D eigenvalue weighted by Crippen LogP contribution is 2.17. The Hall–Kier alpha value is -2.69. The van der Waals surface area contributed by atoms with Crippen molar-refractivity contribution in [1.29, 1.82) is 0 Å². The van der Waals surface area contributed by atoms with Gasteiger partial charge < -0.3 is 10.2 Å². The van der Waals surface area contributed by atoms with Gasteiger partial charge >= 0.3 is 0 Å². The van der Waals surface area contributed by atoms with E-state index in [-0.39, 0.29) is 5.91 Å². The Kier molecular flexibility index (Phi) is 3.91. The maximum Gasteiger partial charge on any atom is 0.251 e. The topological polar surface area (TPSA) is 58.1 Å². The molecule has 3 rings (SSSR count). The number of benzene rings is 1. The fourth-order valence-electron chi connectivity index (χ4n) is 2.24. The van der Waals surface area contributed by atoms with E-state index in [2.05, 4.69) is 20.2 Å². The third-order valence-electron chi connectivity index (χ3n) is 3.37. The number of carbonyl (C=O) groups is 1. The first-order valence-electron chi connectivity index (χ1n) is 6.90. The summed E-state index contributed by atoms with van der Waals surface area (Å²) >= 11 is 0. The van der Waals surface area contributed by atoms with Gasteiger partial charge in [-0.15, -0.1) is 0 Å². The number of anilines is 2. The molecule has 5 nitrogen and oxygen atoms in total. The summed E-state index contributed by atoms with van der Waals surface area (Å²) in [5, 5.41) is 2.91. The first-order valence-corrected chi connectivity index (χ1v) is 6.90. The molecule has 2 heterocycles. The summed E-state index contributed by atoms with van der Waals surface area (Å²) in [6.45, 7) is 1.40. The van der Waals surface area contributed by atoms with Crippen molar-refractivity contribution in [2.45, 2.75) is 6.42 Å². The van der Waals surface area contributed by atoms with Crippen LogP contribution in [0.3, 0.4) is 0 Å². The van der Waals surface area contributed by atoms with Gasteiger partial charge in [0.1, 0.15) is 0 Å². The van der Waals surface area contributed by atoms with Gasteiger partial charge in [0, 0.05) is 36.7 Å². The van der Waals surface area contributed by atoms with Crippen LogP contribution in [0, 0.1) is 0 Å². The predicted octanol–water partition coefficient (Wildman–Crippen LogP) is 2.25. The Morgan fingerprint density at radius 3 is 2.52 bits per heavy atom. The Labute approximate surface area is 123 Å². The highest BCUT2D eigenvalue weighted by molar-refractivity contribution is 6.03. The molecular formula is C16H16N4O. The van der Waals surface area contributed by atoms with Gasteiger partial charge in [-0.2, -0.15) is 0 Å². The number of hydrogen-bond donors (Lipinski definition) is 1. The average Bonchev–Trinajstić information content (AvgIpc) is 2.57. The molecule has 0 saturated carbocycles. The summed E-state index contributed by atoms with van der Waals surface area (Å²) in [6.07, 6.45) is 6.09. The maximum absolute atomic E-state index is 12.2. The van der Waals surface area contributed by atoms with E-state index in [0.717, 1.165) is 17.8 Å². The van der Waals surface area contributed by atoms with E-state index in [0.29, 0.717) is 18.9 Å². The quantitative estimate of drug-likeness (QED) is 0.937. The molecule has 0 fully saturated rings. The summed E-state index contributed by atoms with van der Waals surface area (Å²) in [5.41, 5.74) is 1.63. The van der Waals surface area contributed by atoms with Crippen molar-refractivity contribution in [3.63, 3.8) is 0 Å². The lowest BCUT2D eigenvalue weighted by Crippen LogP contribution is -2.32. The van der Waals surface area contributed by atoms with Gasteiger partial charge in [-0.3, -0.25) is 4.79 Å². The normalized spacial score (nSPS) is 14.5. The number of aromatic nitrogens is 2. The van der Waals surface area contributed by atoms with Crippen molar-refractivity contribution < 1.29 is 4.79 Å². The van der Waals surface area contributed by atoms with Crippen molar-refractivity contribution in [3.05, 3.63) is 60.4 Å². The van der Waals surface area contributed by atoms with Crippen molar-refractivity contribution >= 4 is 17.5 Å². The lowest BCUT2D eigenvalue weighted by molar-refractivity contribution is -0.113. The summed E-state index contributed by atoms with van der Waals surface area (Å²) in [6, 6.07) is 11.3. The Balaban J connectivity index is 1.63. The molecule has 0 radical (unpaired) electrons. The fourth-order valence-corrected chi connectivity index (χ4v) is 2.24. The van der Waals surface area contributed by atoms with E-state index in [9.17, 15) is 4.79 Å². The van der Waals surface area contributed by atoms with Crippen LogP contribution in [0.25, 0.3) is 0 Å². The Morgan fingerprint density at radius 1 is 1.10 bits per heavy atom. The molecule has 0 spiro atoms. The van der Waals surface area contributed by atoms with E-state index >= 15 is 0 Å². The third-order valence-corrected chi connectivity index (χ3v) is 3.37. The molecule has 0 saturated heterocycles. The summed E-state index contributed by atoms with van der Waals surface area (Å²) in [7, 11) is 0. The second-order valence-corrected chi connectivity index (χ2v) is 4.79. The molecule has 1 aromatic heterocycles. The smallest absolute Gasteiger partial charge is 0.251 e. The van der Waals surface area contributed by atoms with E-state index in [1.54, 1.807) is 18.5 Å². The van der Waals surface area contributed by atoms with Crippen LogP contribution >= 0.6 is 0 Å². The zero-order chi connectivity index (χ0) is 14.5. The molecule has 1 amide bonds. The lowest BCUT2D eigenvalue weighted by Gasteiger charge is -2.25. The molecule has 1 aliphatic heterocycles. The Morgan fingerprint density at radius 2 is 1.86 bits per heavy atom. The van der Waals surface area contributed by atoms with Crippen LogP contribution in [-0.2, 0) is 4.79 Å². The zero-order valence-corrected chi connectivity index (χ0v) is 11.6. The summed E-state index contributed by atoms with van der Waals surface area (Å²) < 4.78 is 0. The zero-order valence-electron chi connectivity index (χ0n) is 11.6. The Bertz CT molecular complexity index is 640. The monoisotopic (exact) mass is 280 g/mol. The van der Waals surface area contributed by atoms with Crippen LogP contribution in [0.5, 0.6) is 0 Å². The SMILES string of the molecule is O=C(Nc1ccccc1)C1=CCN(c2ncccn2)CC1. The molecule has 0 bridgehead atoms. The largest absolute Gasteiger partial charge is 0.337 e. The van der Waals surface area contributed by atoms with Crippen molar-refractivity contribution in [2.75, 3.05) is 23.3 Å². The first kappa shape index (κ1) is 13.3. The lowest BCUT2D eigenvalue weighted by atomic mass is 10.1. The first-order chi connectivity index (χ1) is 10.3. The van der Waals surface area contributed by atoms with Crippen LogP contribution in [0.15, 0.2) is 60.4 Å². The summed E-state index contributed by atoms with van der Waals surface area (Å²) in [5.74, 6) is 0.672. The van der Waals surface area contributed by atoms with Crippen LogP contribution < -0.4 is 10.2 Å². The molecule has 106 valence electrons. The van der Waals surface area contributed by atoms with Gasteiger partial charge in [0.25, 0.3) is 5.91 Å². The molecule has 0 unspecified atom stereocenters. The van der Waals surface area contributed by atoms with Gasteiger partial charge in [0.05, 0.1) is 0 Å². The molecule has 2 aromatic rings. The fraction of sp³-hybridized carbons (Fsp3) is 0.188. The molecule has 21 heavy (non-hydrogen) atoms. The standard InChI is InChI=1S/C16H16N4O/c21-15(19-14-5-2-1-3-6-14)13-7-11-20(12-8-13)16-17-9-4-10-18-16/h1-7,9-10H,8,11-12H2,(H,19,21). The van der Waals surface area contributed by atoms with E-state index < -0.39 is 0 Å². The molecular weight excluding hydrogens is 264 g/mol. The number of rotatable bonds is 3. The second-order valence-electron chi connectivity index (χ2n) is 4.79. The molecule has 1 aromatic carbocycles. The highest BCUT2D eigenvalue weighted by atomic mass is 16.1. The number of para-hydroxylation sites is 1. The van der Waals surface area contributed by atoms with Gasteiger partial charge in [-0.1, -0.05) is 24.3 Å². The van der Waals surface area contributed by atoms with Gasteiger partial charge in [-0.25, -0.2) is 9.97 Å². The minimum absolute atomic E-state index is 0.0326. The number of carbonyl (C=O) groups excluding carboxylic acids is 1. The minimum atomic E-state index is -0.0326. The second kappa shape index (κ2) is 6.17. The van der Waals surface area contributed by atoms with Gasteiger partial charge in [0.2, 0.25) is 5.95 Å².